The third-order valence-electron chi connectivity index (χ3n) is 4.26. The van der Waals surface area contributed by atoms with Crippen molar-refractivity contribution in [1.29, 1.82) is 0 Å². The maximum absolute atomic E-state index is 14.5. The van der Waals surface area contributed by atoms with Crippen LogP contribution in [0, 0.1) is 11.7 Å². The van der Waals surface area contributed by atoms with Crippen LogP contribution >= 0.6 is 23.2 Å². The summed E-state index contributed by atoms with van der Waals surface area (Å²) in [6.07, 6.45) is 3.49. The van der Waals surface area contributed by atoms with Gasteiger partial charge in [-0.15, -0.1) is 0 Å². The Bertz CT molecular complexity index is 485. The zero-order chi connectivity index (χ0) is 14.1. The van der Waals surface area contributed by atoms with Crippen LogP contribution in [0.2, 0.25) is 10.0 Å². The van der Waals surface area contributed by atoms with Crippen LogP contribution in [-0.4, -0.2) is 31.1 Å². The van der Waals surface area contributed by atoms with Gasteiger partial charge in [-0.2, -0.15) is 0 Å². The summed E-state index contributed by atoms with van der Waals surface area (Å²) in [5, 5.41) is 4.00. The second-order valence-electron chi connectivity index (χ2n) is 5.74. The molecule has 1 atom stereocenters. The van der Waals surface area contributed by atoms with E-state index in [2.05, 4.69) is 10.2 Å². The van der Waals surface area contributed by atoms with Gasteiger partial charge in [0.2, 0.25) is 0 Å². The minimum atomic E-state index is -0.344. The van der Waals surface area contributed by atoms with Gasteiger partial charge in [0.05, 0.1) is 5.02 Å². The molecule has 2 fully saturated rings. The van der Waals surface area contributed by atoms with Gasteiger partial charge in [0.25, 0.3) is 0 Å². The summed E-state index contributed by atoms with van der Waals surface area (Å²) in [5.74, 6) is 0.368. The number of rotatable bonds is 4. The smallest absolute Gasteiger partial charge is 0.148 e. The highest BCUT2D eigenvalue weighted by Gasteiger charge is 2.33. The van der Waals surface area contributed by atoms with Crippen molar-refractivity contribution in [1.82, 2.24) is 10.2 Å². The number of benzene rings is 1. The van der Waals surface area contributed by atoms with Gasteiger partial charge in [-0.05, 0) is 24.5 Å². The van der Waals surface area contributed by atoms with E-state index in [-0.39, 0.29) is 16.9 Å². The fraction of sp³-hybridized carbons (Fsp3) is 0.600. The lowest BCUT2D eigenvalue weighted by atomic mass is 9.98. The van der Waals surface area contributed by atoms with E-state index in [4.69, 9.17) is 23.2 Å². The molecule has 0 spiro atoms. The summed E-state index contributed by atoms with van der Waals surface area (Å²) in [6.45, 7) is 3.75. The van der Waals surface area contributed by atoms with Crippen LogP contribution in [-0.2, 0) is 0 Å². The SMILES string of the molecule is Fc1c(Cl)ccc(Cl)c1[C@H](CC1CC1)N1CCNCC1. The molecule has 0 bridgehead atoms. The van der Waals surface area contributed by atoms with Gasteiger partial charge in [0.15, 0.2) is 0 Å². The first-order chi connectivity index (χ1) is 9.66. The zero-order valence-corrected chi connectivity index (χ0v) is 12.9. The number of halogens is 3. The highest BCUT2D eigenvalue weighted by atomic mass is 35.5. The van der Waals surface area contributed by atoms with Crippen molar-refractivity contribution < 1.29 is 4.39 Å². The molecular formula is C15H19Cl2FN2. The number of hydrogen-bond donors (Lipinski definition) is 1. The van der Waals surface area contributed by atoms with Gasteiger partial charge in [0.1, 0.15) is 5.82 Å². The standard InChI is InChI=1S/C15H19Cl2FN2/c16-11-3-4-12(17)15(18)14(11)13(9-10-1-2-10)20-7-5-19-6-8-20/h3-4,10,13,19H,1-2,5-9H2/t13-/m0/s1. The molecule has 0 unspecified atom stereocenters. The lowest BCUT2D eigenvalue weighted by Gasteiger charge is -2.36. The van der Waals surface area contributed by atoms with Crippen LogP contribution in [0.1, 0.15) is 30.9 Å². The van der Waals surface area contributed by atoms with Crippen molar-refractivity contribution in [2.45, 2.75) is 25.3 Å². The Labute approximate surface area is 129 Å². The van der Waals surface area contributed by atoms with Crippen LogP contribution in [0.15, 0.2) is 12.1 Å². The molecule has 1 aromatic rings. The van der Waals surface area contributed by atoms with E-state index in [9.17, 15) is 4.39 Å². The average molecular weight is 317 g/mol. The predicted molar refractivity (Wildman–Crippen MR) is 80.9 cm³/mol. The highest BCUT2D eigenvalue weighted by Crippen LogP contribution is 2.43. The molecule has 2 nitrogen and oxygen atoms in total. The van der Waals surface area contributed by atoms with Crippen LogP contribution < -0.4 is 5.32 Å². The van der Waals surface area contributed by atoms with E-state index in [0.717, 1.165) is 32.6 Å². The Balaban J connectivity index is 1.93. The number of piperazine rings is 1. The van der Waals surface area contributed by atoms with E-state index < -0.39 is 0 Å². The highest BCUT2D eigenvalue weighted by molar-refractivity contribution is 6.33. The molecule has 1 aliphatic carbocycles. The first-order valence-corrected chi connectivity index (χ1v) is 8.00. The minimum Gasteiger partial charge on any atom is -0.314 e. The molecule has 0 radical (unpaired) electrons. The Morgan fingerprint density at radius 1 is 1.20 bits per heavy atom. The Morgan fingerprint density at radius 2 is 1.85 bits per heavy atom. The molecule has 3 rings (SSSR count). The van der Waals surface area contributed by atoms with Crippen LogP contribution in [0.5, 0.6) is 0 Å². The topological polar surface area (TPSA) is 15.3 Å². The van der Waals surface area contributed by atoms with Crippen LogP contribution in [0.3, 0.4) is 0 Å². The van der Waals surface area contributed by atoms with E-state index in [1.165, 1.54) is 18.9 Å². The largest absolute Gasteiger partial charge is 0.314 e. The van der Waals surface area contributed by atoms with Crippen molar-refractivity contribution in [3.05, 3.63) is 33.6 Å². The van der Waals surface area contributed by atoms with E-state index in [0.29, 0.717) is 16.5 Å². The quantitative estimate of drug-likeness (QED) is 0.848. The van der Waals surface area contributed by atoms with Gasteiger partial charge in [0, 0.05) is 42.8 Å². The molecule has 1 aliphatic heterocycles. The van der Waals surface area contributed by atoms with E-state index >= 15 is 0 Å². The normalized spacial score (nSPS) is 21.9. The molecule has 0 amide bonds. The molecule has 1 saturated heterocycles. The summed E-state index contributed by atoms with van der Waals surface area (Å²) >= 11 is 12.2. The lowest BCUT2D eigenvalue weighted by molar-refractivity contribution is 0.157. The third-order valence-corrected chi connectivity index (χ3v) is 4.88. The molecule has 1 saturated carbocycles. The van der Waals surface area contributed by atoms with Gasteiger partial charge in [-0.3, -0.25) is 4.90 Å². The summed E-state index contributed by atoms with van der Waals surface area (Å²) in [4.78, 5) is 2.34. The first-order valence-electron chi connectivity index (χ1n) is 7.25. The summed E-state index contributed by atoms with van der Waals surface area (Å²) < 4.78 is 14.5. The number of nitrogens with one attached hydrogen (secondary N) is 1. The molecule has 1 heterocycles. The number of hydrogen-bond acceptors (Lipinski definition) is 2. The first kappa shape index (κ1) is 14.6. The monoisotopic (exact) mass is 316 g/mol. The third kappa shape index (κ3) is 3.11. The summed E-state index contributed by atoms with van der Waals surface area (Å²) in [5.41, 5.74) is 0.591. The second kappa shape index (κ2) is 6.18. The molecule has 110 valence electrons. The maximum atomic E-state index is 14.5. The van der Waals surface area contributed by atoms with Crippen molar-refractivity contribution in [2.24, 2.45) is 5.92 Å². The Kier molecular flexibility index (Phi) is 4.51. The predicted octanol–water partition coefficient (Wildman–Crippen LogP) is 3.88. The molecule has 5 heteroatoms. The minimum absolute atomic E-state index is 0.0517. The summed E-state index contributed by atoms with van der Waals surface area (Å²) in [7, 11) is 0. The fourth-order valence-corrected chi connectivity index (χ4v) is 3.40. The fourth-order valence-electron chi connectivity index (χ4n) is 2.96. The van der Waals surface area contributed by atoms with Crippen molar-refractivity contribution in [2.75, 3.05) is 26.2 Å². The Morgan fingerprint density at radius 3 is 2.50 bits per heavy atom. The lowest BCUT2D eigenvalue weighted by Crippen LogP contribution is -2.45. The van der Waals surface area contributed by atoms with Gasteiger partial charge in [-0.25, -0.2) is 4.39 Å². The molecule has 1 N–H and O–H groups in total. The molecule has 0 aromatic heterocycles. The van der Waals surface area contributed by atoms with E-state index in [1.54, 1.807) is 6.07 Å². The zero-order valence-electron chi connectivity index (χ0n) is 11.3. The van der Waals surface area contributed by atoms with Crippen LogP contribution in [0.25, 0.3) is 0 Å². The average Bonchev–Trinajstić information content (AvgIpc) is 3.27. The van der Waals surface area contributed by atoms with Crippen LogP contribution in [0.4, 0.5) is 4.39 Å². The van der Waals surface area contributed by atoms with Crippen molar-refractivity contribution in [3.8, 4) is 0 Å². The molecule has 20 heavy (non-hydrogen) atoms. The van der Waals surface area contributed by atoms with E-state index in [1.807, 2.05) is 0 Å². The maximum Gasteiger partial charge on any atom is 0.148 e. The molecule has 2 aliphatic rings. The van der Waals surface area contributed by atoms with Gasteiger partial charge >= 0.3 is 0 Å². The van der Waals surface area contributed by atoms with Crippen molar-refractivity contribution in [3.63, 3.8) is 0 Å². The van der Waals surface area contributed by atoms with Crippen molar-refractivity contribution >= 4 is 23.2 Å². The second-order valence-corrected chi connectivity index (χ2v) is 6.55. The Hall–Kier alpha value is -0.350. The van der Waals surface area contributed by atoms with Gasteiger partial charge < -0.3 is 5.32 Å². The summed E-state index contributed by atoms with van der Waals surface area (Å²) in [6, 6.07) is 3.30. The molecular weight excluding hydrogens is 298 g/mol. The number of nitrogens with zero attached hydrogens (tertiary/aromatic N) is 1. The molecule has 1 aromatic carbocycles. The van der Waals surface area contributed by atoms with Gasteiger partial charge in [-0.1, -0.05) is 36.0 Å².